The Labute approximate surface area is 167 Å². The SMILES string of the molecule is CCc1cc(CNC(=O)c2ccnc(NC(=O)C(C)C)c2)cnc1OCC(F)F. The molecule has 2 amide bonds. The Morgan fingerprint density at radius 2 is 1.97 bits per heavy atom. The van der Waals surface area contributed by atoms with Crippen molar-refractivity contribution >= 4 is 17.6 Å². The number of carbonyl (C=O) groups excluding carboxylic acids is 2. The molecule has 0 aliphatic heterocycles. The van der Waals surface area contributed by atoms with Crippen LogP contribution < -0.4 is 15.4 Å². The van der Waals surface area contributed by atoms with Crippen molar-refractivity contribution < 1.29 is 23.1 Å². The molecule has 2 heterocycles. The number of pyridine rings is 2. The van der Waals surface area contributed by atoms with Crippen molar-refractivity contribution in [1.29, 1.82) is 0 Å². The number of hydrogen-bond acceptors (Lipinski definition) is 5. The van der Waals surface area contributed by atoms with E-state index in [0.717, 1.165) is 0 Å². The lowest BCUT2D eigenvalue weighted by Crippen LogP contribution is -2.24. The summed E-state index contributed by atoms with van der Waals surface area (Å²) in [5.41, 5.74) is 1.74. The maximum Gasteiger partial charge on any atom is 0.272 e. The number of hydrogen-bond donors (Lipinski definition) is 2. The van der Waals surface area contributed by atoms with Crippen LogP contribution in [0.5, 0.6) is 5.88 Å². The van der Waals surface area contributed by atoms with Crippen LogP contribution in [0.15, 0.2) is 30.6 Å². The van der Waals surface area contributed by atoms with E-state index in [4.69, 9.17) is 4.74 Å². The average Bonchev–Trinajstić information content (AvgIpc) is 2.70. The Balaban J connectivity index is 2.00. The Kier molecular flexibility index (Phi) is 7.99. The highest BCUT2D eigenvalue weighted by Gasteiger charge is 2.12. The van der Waals surface area contributed by atoms with Gasteiger partial charge >= 0.3 is 0 Å². The summed E-state index contributed by atoms with van der Waals surface area (Å²) in [6, 6.07) is 4.79. The summed E-state index contributed by atoms with van der Waals surface area (Å²) in [5.74, 6) is -0.276. The van der Waals surface area contributed by atoms with Crippen LogP contribution in [0.1, 0.15) is 42.3 Å². The highest BCUT2D eigenvalue weighted by atomic mass is 19.3. The van der Waals surface area contributed by atoms with E-state index >= 15 is 0 Å². The van der Waals surface area contributed by atoms with Crippen LogP contribution >= 0.6 is 0 Å². The molecule has 0 bridgehead atoms. The van der Waals surface area contributed by atoms with E-state index in [1.54, 1.807) is 19.9 Å². The van der Waals surface area contributed by atoms with E-state index in [2.05, 4.69) is 20.6 Å². The normalized spacial score (nSPS) is 10.9. The zero-order valence-electron chi connectivity index (χ0n) is 16.5. The van der Waals surface area contributed by atoms with Gasteiger partial charge in [-0.3, -0.25) is 9.59 Å². The molecule has 0 fully saturated rings. The van der Waals surface area contributed by atoms with Crippen LogP contribution in [0.3, 0.4) is 0 Å². The van der Waals surface area contributed by atoms with E-state index in [1.165, 1.54) is 24.5 Å². The molecular formula is C20H24F2N4O3. The molecule has 0 spiro atoms. The third kappa shape index (κ3) is 6.78. The molecule has 0 aromatic carbocycles. The monoisotopic (exact) mass is 406 g/mol. The number of alkyl halides is 2. The van der Waals surface area contributed by atoms with Gasteiger partial charge < -0.3 is 15.4 Å². The van der Waals surface area contributed by atoms with Gasteiger partial charge in [0.25, 0.3) is 12.3 Å². The number of aryl methyl sites for hydroxylation is 1. The fraction of sp³-hybridized carbons (Fsp3) is 0.400. The van der Waals surface area contributed by atoms with Gasteiger partial charge in [0.05, 0.1) is 0 Å². The van der Waals surface area contributed by atoms with Crippen LogP contribution in [0.4, 0.5) is 14.6 Å². The average molecular weight is 406 g/mol. The smallest absolute Gasteiger partial charge is 0.272 e. The minimum Gasteiger partial charge on any atom is -0.471 e. The van der Waals surface area contributed by atoms with Crippen molar-refractivity contribution in [3.05, 3.63) is 47.3 Å². The minimum atomic E-state index is -2.57. The van der Waals surface area contributed by atoms with Crippen LogP contribution in [-0.2, 0) is 17.8 Å². The molecule has 7 nitrogen and oxygen atoms in total. The minimum absolute atomic E-state index is 0.169. The Morgan fingerprint density at radius 1 is 1.21 bits per heavy atom. The fourth-order valence-corrected chi connectivity index (χ4v) is 2.36. The largest absolute Gasteiger partial charge is 0.471 e. The Bertz CT molecular complexity index is 859. The molecular weight excluding hydrogens is 382 g/mol. The first-order valence-corrected chi connectivity index (χ1v) is 9.24. The lowest BCUT2D eigenvalue weighted by atomic mass is 10.1. The molecule has 9 heteroatoms. The molecule has 0 saturated carbocycles. The van der Waals surface area contributed by atoms with Crippen LogP contribution in [0.25, 0.3) is 0 Å². The number of carbonyl (C=O) groups is 2. The highest BCUT2D eigenvalue weighted by molar-refractivity contribution is 5.96. The molecule has 0 unspecified atom stereocenters. The molecule has 0 saturated heterocycles. The number of nitrogens with zero attached hydrogens (tertiary/aromatic N) is 2. The van der Waals surface area contributed by atoms with E-state index in [0.29, 0.717) is 28.9 Å². The van der Waals surface area contributed by atoms with Gasteiger partial charge in [0, 0.05) is 36.0 Å². The van der Waals surface area contributed by atoms with Crippen molar-refractivity contribution in [3.8, 4) is 5.88 Å². The number of aromatic nitrogens is 2. The van der Waals surface area contributed by atoms with Crippen molar-refractivity contribution in [2.75, 3.05) is 11.9 Å². The molecule has 0 aliphatic carbocycles. The molecule has 0 atom stereocenters. The number of ether oxygens (including phenoxy) is 1. The van der Waals surface area contributed by atoms with E-state index in [9.17, 15) is 18.4 Å². The maximum absolute atomic E-state index is 12.4. The maximum atomic E-state index is 12.4. The van der Waals surface area contributed by atoms with Gasteiger partial charge in [-0.2, -0.15) is 0 Å². The van der Waals surface area contributed by atoms with Gasteiger partial charge in [-0.05, 0) is 30.2 Å². The molecule has 156 valence electrons. The van der Waals surface area contributed by atoms with Crippen LogP contribution in [0.2, 0.25) is 0 Å². The van der Waals surface area contributed by atoms with E-state index < -0.39 is 13.0 Å². The molecule has 0 radical (unpaired) electrons. The first kappa shape index (κ1) is 22.2. The van der Waals surface area contributed by atoms with Gasteiger partial charge in [-0.25, -0.2) is 18.7 Å². The summed E-state index contributed by atoms with van der Waals surface area (Å²) >= 11 is 0. The van der Waals surface area contributed by atoms with Crippen molar-refractivity contribution in [3.63, 3.8) is 0 Å². The second-order valence-corrected chi connectivity index (χ2v) is 6.62. The quantitative estimate of drug-likeness (QED) is 0.667. The van der Waals surface area contributed by atoms with Crippen LogP contribution in [-0.4, -0.2) is 34.8 Å². The summed E-state index contributed by atoms with van der Waals surface area (Å²) in [7, 11) is 0. The summed E-state index contributed by atoms with van der Waals surface area (Å²) in [4.78, 5) is 32.3. The second-order valence-electron chi connectivity index (χ2n) is 6.62. The predicted molar refractivity (Wildman–Crippen MR) is 104 cm³/mol. The predicted octanol–water partition coefficient (Wildman–Crippen LogP) is 3.21. The third-order valence-electron chi connectivity index (χ3n) is 3.96. The number of nitrogens with one attached hydrogen (secondary N) is 2. The number of rotatable bonds is 9. The lowest BCUT2D eigenvalue weighted by Gasteiger charge is -2.12. The van der Waals surface area contributed by atoms with E-state index in [-0.39, 0.29) is 30.2 Å². The molecule has 0 aliphatic rings. The van der Waals surface area contributed by atoms with Gasteiger partial charge in [-0.15, -0.1) is 0 Å². The van der Waals surface area contributed by atoms with Crippen molar-refractivity contribution in [2.24, 2.45) is 5.92 Å². The fourth-order valence-electron chi connectivity index (χ4n) is 2.36. The van der Waals surface area contributed by atoms with Gasteiger partial charge in [-0.1, -0.05) is 20.8 Å². The number of halogens is 2. The lowest BCUT2D eigenvalue weighted by molar-refractivity contribution is -0.118. The zero-order valence-corrected chi connectivity index (χ0v) is 16.5. The first-order chi connectivity index (χ1) is 13.8. The Hall–Kier alpha value is -3.10. The molecule has 2 N–H and O–H groups in total. The topological polar surface area (TPSA) is 93.2 Å². The van der Waals surface area contributed by atoms with Gasteiger partial charge in [0.1, 0.15) is 5.82 Å². The summed E-state index contributed by atoms with van der Waals surface area (Å²) in [6.07, 6.45) is 0.894. The van der Waals surface area contributed by atoms with Crippen molar-refractivity contribution in [2.45, 2.75) is 40.2 Å². The van der Waals surface area contributed by atoms with Gasteiger partial charge in [0.15, 0.2) is 6.61 Å². The first-order valence-electron chi connectivity index (χ1n) is 9.24. The summed E-state index contributed by atoms with van der Waals surface area (Å²) in [6.45, 7) is 4.86. The Morgan fingerprint density at radius 3 is 2.62 bits per heavy atom. The van der Waals surface area contributed by atoms with Gasteiger partial charge in [0.2, 0.25) is 11.8 Å². The number of anilines is 1. The third-order valence-corrected chi connectivity index (χ3v) is 3.96. The summed E-state index contributed by atoms with van der Waals surface area (Å²) in [5, 5.41) is 5.40. The standard InChI is InChI=1S/C20H24F2N4O3/c1-4-14-7-13(10-25-20(14)29-11-16(21)22)9-24-19(28)15-5-6-23-17(8-15)26-18(27)12(2)3/h5-8,10,12,16H,4,9,11H2,1-3H3,(H,24,28)(H,23,26,27). The molecule has 2 rings (SSSR count). The number of amides is 2. The highest BCUT2D eigenvalue weighted by Crippen LogP contribution is 2.18. The molecule has 2 aromatic rings. The molecule has 29 heavy (non-hydrogen) atoms. The van der Waals surface area contributed by atoms with Crippen LogP contribution in [0, 0.1) is 5.92 Å². The zero-order chi connectivity index (χ0) is 21.4. The van der Waals surface area contributed by atoms with Crippen molar-refractivity contribution in [1.82, 2.24) is 15.3 Å². The molecule has 2 aromatic heterocycles. The second kappa shape index (κ2) is 10.4. The van der Waals surface area contributed by atoms with E-state index in [1.807, 2.05) is 6.92 Å². The summed E-state index contributed by atoms with van der Waals surface area (Å²) < 4.78 is 29.6.